The van der Waals surface area contributed by atoms with Crippen LogP contribution in [0.2, 0.25) is 0 Å². The van der Waals surface area contributed by atoms with Crippen molar-refractivity contribution in [1.82, 2.24) is 4.90 Å². The van der Waals surface area contributed by atoms with Gasteiger partial charge in [-0.25, -0.2) is 9.59 Å². The third-order valence-electron chi connectivity index (χ3n) is 5.27. The molecule has 0 N–H and O–H groups in total. The number of hydrogen-bond acceptors (Lipinski definition) is 5. The molecule has 0 aromatic carbocycles. The summed E-state index contributed by atoms with van der Waals surface area (Å²) in [4.78, 5) is 27.3. The second-order valence-electron chi connectivity index (χ2n) is 6.52. The van der Waals surface area contributed by atoms with Crippen LogP contribution in [-0.2, 0) is 19.1 Å². The predicted octanol–water partition coefficient (Wildman–Crippen LogP) is 3.41. The number of hydrogen-bond donors (Lipinski definition) is 0. The molecule has 1 aliphatic carbocycles. The van der Waals surface area contributed by atoms with Gasteiger partial charge in [-0.15, -0.1) is 0 Å². The standard InChI is InChI=1S/C19H29NO4/c1-6-23-18(21)15-12(3)20(5)13(4)16(19(22)24-7-2)17(15)14-10-8-9-11-14/h14,17H,6-11H2,1-5H3. The summed E-state index contributed by atoms with van der Waals surface area (Å²) in [7, 11) is 1.88. The van der Waals surface area contributed by atoms with Crippen LogP contribution < -0.4 is 0 Å². The average molecular weight is 335 g/mol. The molecule has 1 fully saturated rings. The maximum absolute atomic E-state index is 12.7. The lowest BCUT2D eigenvalue weighted by atomic mass is 9.75. The van der Waals surface area contributed by atoms with E-state index in [9.17, 15) is 9.59 Å². The lowest BCUT2D eigenvalue weighted by Crippen LogP contribution is -2.37. The van der Waals surface area contributed by atoms with E-state index in [-0.39, 0.29) is 17.9 Å². The summed E-state index contributed by atoms with van der Waals surface area (Å²) in [5.74, 6) is -0.551. The van der Waals surface area contributed by atoms with Crippen molar-refractivity contribution in [3.05, 3.63) is 22.5 Å². The van der Waals surface area contributed by atoms with Gasteiger partial charge in [-0.1, -0.05) is 12.8 Å². The third kappa shape index (κ3) is 3.35. The highest BCUT2D eigenvalue weighted by atomic mass is 16.5. The number of carbonyl (C=O) groups excluding carboxylic acids is 2. The minimum Gasteiger partial charge on any atom is -0.463 e. The number of esters is 2. The Morgan fingerprint density at radius 2 is 1.38 bits per heavy atom. The second-order valence-corrected chi connectivity index (χ2v) is 6.52. The monoisotopic (exact) mass is 335 g/mol. The van der Waals surface area contributed by atoms with Gasteiger partial charge in [0.05, 0.1) is 24.4 Å². The van der Waals surface area contributed by atoms with Crippen LogP contribution in [0.25, 0.3) is 0 Å². The third-order valence-corrected chi connectivity index (χ3v) is 5.27. The fourth-order valence-electron chi connectivity index (χ4n) is 3.94. The van der Waals surface area contributed by atoms with Crippen molar-refractivity contribution in [2.75, 3.05) is 20.3 Å². The van der Waals surface area contributed by atoms with Crippen LogP contribution in [0, 0.1) is 11.8 Å². The van der Waals surface area contributed by atoms with E-state index >= 15 is 0 Å². The van der Waals surface area contributed by atoms with Crippen molar-refractivity contribution in [2.24, 2.45) is 11.8 Å². The van der Waals surface area contributed by atoms with Gasteiger partial charge in [-0.2, -0.15) is 0 Å². The molecule has 0 unspecified atom stereocenters. The van der Waals surface area contributed by atoms with Crippen molar-refractivity contribution in [2.45, 2.75) is 53.4 Å². The molecular weight excluding hydrogens is 306 g/mol. The highest BCUT2D eigenvalue weighted by molar-refractivity contribution is 5.97. The maximum atomic E-state index is 12.7. The molecule has 134 valence electrons. The highest BCUT2D eigenvalue weighted by Crippen LogP contribution is 2.45. The smallest absolute Gasteiger partial charge is 0.336 e. The van der Waals surface area contributed by atoms with Gasteiger partial charge >= 0.3 is 11.9 Å². The summed E-state index contributed by atoms with van der Waals surface area (Å²) in [6.07, 6.45) is 4.34. The van der Waals surface area contributed by atoms with Gasteiger partial charge in [0.15, 0.2) is 0 Å². The van der Waals surface area contributed by atoms with Crippen LogP contribution in [0.15, 0.2) is 22.5 Å². The van der Waals surface area contributed by atoms with E-state index in [1.54, 1.807) is 13.8 Å². The molecule has 5 nitrogen and oxygen atoms in total. The van der Waals surface area contributed by atoms with Crippen LogP contribution in [0.1, 0.15) is 53.4 Å². The zero-order valence-electron chi connectivity index (χ0n) is 15.5. The molecule has 2 aliphatic rings. The van der Waals surface area contributed by atoms with Crippen molar-refractivity contribution in [3.63, 3.8) is 0 Å². The first-order valence-corrected chi connectivity index (χ1v) is 8.93. The van der Waals surface area contributed by atoms with Gasteiger partial charge in [0.25, 0.3) is 0 Å². The van der Waals surface area contributed by atoms with Gasteiger partial charge in [0.2, 0.25) is 0 Å². The zero-order valence-corrected chi connectivity index (χ0v) is 15.5. The summed E-state index contributed by atoms with van der Waals surface area (Å²) >= 11 is 0. The molecule has 0 aromatic rings. The molecule has 0 bridgehead atoms. The van der Waals surface area contributed by atoms with Gasteiger partial charge in [0.1, 0.15) is 0 Å². The van der Waals surface area contributed by atoms with Crippen molar-refractivity contribution in [3.8, 4) is 0 Å². The quantitative estimate of drug-likeness (QED) is 0.721. The molecule has 0 amide bonds. The number of carbonyl (C=O) groups is 2. The van der Waals surface area contributed by atoms with E-state index in [4.69, 9.17) is 9.47 Å². The normalized spacial score (nSPS) is 20.0. The lowest BCUT2D eigenvalue weighted by molar-refractivity contribution is -0.140. The predicted molar refractivity (Wildman–Crippen MR) is 91.9 cm³/mol. The summed E-state index contributed by atoms with van der Waals surface area (Å²) < 4.78 is 10.6. The average Bonchev–Trinajstić information content (AvgIpc) is 3.06. The van der Waals surface area contributed by atoms with Gasteiger partial charge in [0, 0.05) is 24.4 Å². The van der Waals surface area contributed by atoms with E-state index in [1.807, 2.05) is 25.8 Å². The summed E-state index contributed by atoms with van der Waals surface area (Å²) in [6, 6.07) is 0. The van der Waals surface area contributed by atoms with Crippen molar-refractivity contribution in [1.29, 1.82) is 0 Å². The Morgan fingerprint density at radius 3 is 1.75 bits per heavy atom. The van der Waals surface area contributed by atoms with E-state index in [2.05, 4.69) is 0 Å². The molecule has 2 rings (SSSR count). The van der Waals surface area contributed by atoms with Crippen LogP contribution in [0.4, 0.5) is 0 Å². The van der Waals surface area contributed by atoms with Crippen LogP contribution >= 0.6 is 0 Å². The molecule has 24 heavy (non-hydrogen) atoms. The molecule has 0 atom stereocenters. The van der Waals surface area contributed by atoms with Gasteiger partial charge < -0.3 is 14.4 Å². The first-order valence-electron chi connectivity index (χ1n) is 8.93. The Kier molecular flexibility index (Phi) is 6.08. The lowest BCUT2D eigenvalue weighted by Gasteiger charge is -2.38. The highest BCUT2D eigenvalue weighted by Gasteiger charge is 2.43. The molecule has 0 radical (unpaired) electrons. The Morgan fingerprint density at radius 1 is 0.958 bits per heavy atom. The van der Waals surface area contributed by atoms with E-state index < -0.39 is 0 Å². The molecule has 5 heteroatoms. The summed E-state index contributed by atoms with van der Waals surface area (Å²) in [5.41, 5.74) is 2.99. The number of ether oxygens (including phenoxy) is 2. The number of nitrogens with zero attached hydrogens (tertiary/aromatic N) is 1. The molecule has 0 spiro atoms. The van der Waals surface area contributed by atoms with Crippen molar-refractivity contribution < 1.29 is 19.1 Å². The minimum absolute atomic E-state index is 0.221. The Labute approximate surface area is 144 Å². The molecule has 0 aromatic heterocycles. The largest absolute Gasteiger partial charge is 0.463 e. The van der Waals surface area contributed by atoms with E-state index in [1.165, 1.54) is 0 Å². The minimum atomic E-state index is -0.312. The van der Waals surface area contributed by atoms with E-state index in [0.29, 0.717) is 30.3 Å². The van der Waals surface area contributed by atoms with E-state index in [0.717, 1.165) is 37.1 Å². The molecule has 1 aliphatic heterocycles. The molecule has 1 heterocycles. The van der Waals surface area contributed by atoms with Crippen LogP contribution in [0.5, 0.6) is 0 Å². The SMILES string of the molecule is CCOC(=O)C1=C(C)N(C)C(C)=C(C(=O)OCC)C1C1CCCC1. The summed E-state index contributed by atoms with van der Waals surface area (Å²) in [5, 5.41) is 0. The van der Waals surface area contributed by atoms with Crippen LogP contribution in [0.3, 0.4) is 0 Å². The first-order chi connectivity index (χ1) is 11.4. The second kappa shape index (κ2) is 7.86. The Hall–Kier alpha value is -1.78. The van der Waals surface area contributed by atoms with Gasteiger partial charge in [-0.05, 0) is 46.5 Å². The number of allylic oxidation sites excluding steroid dienone is 2. The summed E-state index contributed by atoms with van der Waals surface area (Å²) in [6.45, 7) is 8.12. The molecule has 0 saturated heterocycles. The fourth-order valence-corrected chi connectivity index (χ4v) is 3.94. The van der Waals surface area contributed by atoms with Crippen molar-refractivity contribution >= 4 is 11.9 Å². The topological polar surface area (TPSA) is 55.8 Å². The maximum Gasteiger partial charge on any atom is 0.336 e. The van der Waals surface area contributed by atoms with Gasteiger partial charge in [-0.3, -0.25) is 0 Å². The zero-order chi connectivity index (χ0) is 17.9. The number of rotatable bonds is 5. The van der Waals surface area contributed by atoms with Crippen LogP contribution in [-0.4, -0.2) is 37.1 Å². The molecular formula is C19H29NO4. The molecule has 1 saturated carbocycles. The Balaban J connectivity index is 2.54. The first kappa shape index (κ1) is 18.6. The fraction of sp³-hybridized carbons (Fsp3) is 0.684. The Bertz CT molecular complexity index is 528.